The molecule has 2 atom stereocenters. The largest absolute Gasteiger partial charge is 0.481 e. The zero-order valence-corrected chi connectivity index (χ0v) is 23.4. The number of halogens is 1. The lowest BCUT2D eigenvalue weighted by molar-refractivity contribution is -0.138. The molecule has 0 N–H and O–H groups in total. The lowest BCUT2D eigenvalue weighted by Crippen LogP contribution is -2.59. The summed E-state index contributed by atoms with van der Waals surface area (Å²) in [6.45, 7) is 3.42. The van der Waals surface area contributed by atoms with Gasteiger partial charge in [0, 0.05) is 42.6 Å². The van der Waals surface area contributed by atoms with Crippen molar-refractivity contribution in [3.05, 3.63) is 76.6 Å². The Morgan fingerprint density at radius 3 is 2.42 bits per heavy atom. The Hall–Kier alpha value is -3.54. The van der Waals surface area contributed by atoms with Crippen LogP contribution in [0.1, 0.15) is 23.6 Å². The monoisotopic (exact) mass is 557 g/mol. The molecule has 10 nitrogen and oxygen atoms in total. The number of nitrogens with zero attached hydrogens (tertiary/aromatic N) is 5. The fourth-order valence-corrected chi connectivity index (χ4v) is 6.29. The van der Waals surface area contributed by atoms with Crippen LogP contribution < -0.4 is 9.04 Å². The highest BCUT2D eigenvalue weighted by Gasteiger charge is 2.61. The number of ether oxygens (including phenoxy) is 1. The number of aromatic nitrogens is 2. The van der Waals surface area contributed by atoms with Gasteiger partial charge < -0.3 is 9.64 Å². The molecule has 0 saturated carbocycles. The predicted octanol–water partition coefficient (Wildman–Crippen LogP) is 2.83. The molecule has 2 amide bonds. The van der Waals surface area contributed by atoms with Crippen LogP contribution in [0, 0.1) is 6.92 Å². The van der Waals surface area contributed by atoms with E-state index in [4.69, 9.17) is 16.3 Å². The second kappa shape index (κ2) is 9.97. The molecule has 0 radical (unpaired) electrons. The van der Waals surface area contributed by atoms with E-state index in [0.717, 1.165) is 9.87 Å². The third-order valence-corrected chi connectivity index (χ3v) is 8.56. The van der Waals surface area contributed by atoms with Gasteiger partial charge in [0.1, 0.15) is 0 Å². The van der Waals surface area contributed by atoms with Gasteiger partial charge in [0.15, 0.2) is 10.6 Å². The summed E-state index contributed by atoms with van der Waals surface area (Å²) < 4.78 is 34.2. The number of amides is 2. The number of hydrogen-bond donors (Lipinski definition) is 0. The van der Waals surface area contributed by atoms with Gasteiger partial charge in [-0.05, 0) is 62.9 Å². The summed E-state index contributed by atoms with van der Waals surface area (Å²) in [6, 6.07) is 9.82. The number of carbonyl (C=O) groups excluding carboxylic acids is 2. The van der Waals surface area contributed by atoms with E-state index in [2.05, 4.69) is 9.97 Å². The molecule has 38 heavy (non-hydrogen) atoms. The van der Waals surface area contributed by atoms with Crippen molar-refractivity contribution in [1.82, 2.24) is 19.8 Å². The Morgan fingerprint density at radius 1 is 1.11 bits per heavy atom. The maximum absolute atomic E-state index is 14.7. The molecular formula is C26H28ClN5O5S. The van der Waals surface area contributed by atoms with Crippen molar-refractivity contribution in [3.63, 3.8) is 0 Å². The average molecular weight is 558 g/mol. The summed E-state index contributed by atoms with van der Waals surface area (Å²) in [6.07, 6.45) is 2.91. The molecule has 0 saturated heterocycles. The van der Waals surface area contributed by atoms with Crippen molar-refractivity contribution in [2.24, 2.45) is 0 Å². The number of likely N-dealkylation sites (N-methyl/N-ethyl adjacent to an activating group) is 2. The van der Waals surface area contributed by atoms with Crippen molar-refractivity contribution >= 4 is 39.1 Å². The minimum Gasteiger partial charge on any atom is -0.481 e. The van der Waals surface area contributed by atoms with Gasteiger partial charge in [0.25, 0.3) is 15.9 Å². The molecule has 0 fully saturated rings. The summed E-state index contributed by atoms with van der Waals surface area (Å²) in [5, 5.41) is -0.0251. The zero-order valence-electron chi connectivity index (χ0n) is 21.8. The molecule has 1 aromatic carbocycles. The summed E-state index contributed by atoms with van der Waals surface area (Å²) in [7, 11) is 1.71. The molecular weight excluding hydrogens is 530 g/mol. The molecule has 1 aliphatic heterocycles. The van der Waals surface area contributed by atoms with Crippen molar-refractivity contribution in [2.75, 3.05) is 32.6 Å². The van der Waals surface area contributed by atoms with E-state index < -0.39 is 27.5 Å². The quantitative estimate of drug-likeness (QED) is 0.436. The molecule has 0 bridgehead atoms. The highest BCUT2D eigenvalue weighted by molar-refractivity contribution is 7.93. The van der Waals surface area contributed by atoms with Gasteiger partial charge in [0.05, 0.1) is 18.8 Å². The molecule has 3 aromatic rings. The molecule has 0 aliphatic carbocycles. The van der Waals surface area contributed by atoms with Gasteiger partial charge >= 0.3 is 0 Å². The zero-order chi connectivity index (χ0) is 28.0. The first kappa shape index (κ1) is 27.5. The second-order valence-corrected chi connectivity index (χ2v) is 11.4. The van der Waals surface area contributed by atoms with Crippen LogP contribution in [0.4, 0.5) is 5.69 Å². The van der Waals surface area contributed by atoms with Crippen LogP contribution in [0.2, 0.25) is 5.02 Å². The average Bonchev–Trinajstić information content (AvgIpc) is 3.15. The van der Waals surface area contributed by atoms with Crippen LogP contribution in [0.25, 0.3) is 0 Å². The SMILES string of the molecule is COc1ncccc1C1(N(C)[C@@H](C)C(=O)N(C)C)C(=O)N(S(=O)(=O)c2ccc(C)cn2)c2ccc(Cl)cc21. The number of anilines is 1. The molecule has 3 heterocycles. The van der Waals surface area contributed by atoms with Gasteiger partial charge in [-0.15, -0.1) is 0 Å². The fourth-order valence-electron chi connectivity index (χ4n) is 4.74. The Kier molecular flexibility index (Phi) is 7.21. The van der Waals surface area contributed by atoms with Crippen LogP contribution in [-0.4, -0.2) is 74.3 Å². The number of hydrogen-bond acceptors (Lipinski definition) is 8. The molecule has 0 spiro atoms. The topological polar surface area (TPSA) is 113 Å². The molecule has 12 heteroatoms. The van der Waals surface area contributed by atoms with Gasteiger partial charge in [-0.1, -0.05) is 17.7 Å². The molecule has 2 aromatic heterocycles. The highest BCUT2D eigenvalue weighted by Crippen LogP contribution is 2.52. The maximum atomic E-state index is 14.7. The normalized spacial score (nSPS) is 17.9. The molecule has 1 unspecified atom stereocenters. The first-order valence-corrected chi connectivity index (χ1v) is 13.5. The van der Waals surface area contributed by atoms with Crippen molar-refractivity contribution < 1.29 is 22.7 Å². The number of benzene rings is 1. The Bertz CT molecular complexity index is 1510. The van der Waals surface area contributed by atoms with Crippen molar-refractivity contribution in [1.29, 1.82) is 0 Å². The summed E-state index contributed by atoms with van der Waals surface area (Å²) in [4.78, 5) is 39.2. The third-order valence-electron chi connectivity index (χ3n) is 6.71. The number of carbonyl (C=O) groups is 2. The number of aryl methyl sites for hydroxylation is 1. The predicted molar refractivity (Wildman–Crippen MR) is 143 cm³/mol. The van der Waals surface area contributed by atoms with Gasteiger partial charge in [-0.25, -0.2) is 9.97 Å². The van der Waals surface area contributed by atoms with Crippen LogP contribution in [0.3, 0.4) is 0 Å². The first-order valence-electron chi connectivity index (χ1n) is 11.6. The van der Waals surface area contributed by atoms with E-state index in [9.17, 15) is 18.0 Å². The van der Waals surface area contributed by atoms with E-state index in [-0.39, 0.29) is 38.7 Å². The van der Waals surface area contributed by atoms with E-state index in [1.165, 1.54) is 53.6 Å². The van der Waals surface area contributed by atoms with Gasteiger partial charge in [0.2, 0.25) is 11.8 Å². The van der Waals surface area contributed by atoms with Crippen LogP contribution >= 0.6 is 11.6 Å². The third kappa shape index (κ3) is 4.11. The number of fused-ring (bicyclic) bond motifs is 1. The Balaban J connectivity index is 2.09. The summed E-state index contributed by atoms with van der Waals surface area (Å²) in [5.74, 6) is -1.05. The lowest BCUT2D eigenvalue weighted by Gasteiger charge is -2.41. The maximum Gasteiger partial charge on any atom is 0.288 e. The first-order chi connectivity index (χ1) is 17.9. The van der Waals surface area contributed by atoms with E-state index >= 15 is 0 Å². The number of pyridine rings is 2. The summed E-state index contributed by atoms with van der Waals surface area (Å²) in [5.41, 5.74) is -0.481. The smallest absolute Gasteiger partial charge is 0.288 e. The number of sulfonamides is 1. The van der Waals surface area contributed by atoms with E-state index in [1.807, 2.05) is 0 Å². The fraction of sp³-hybridized carbons (Fsp3) is 0.308. The number of rotatable bonds is 7. The minimum atomic E-state index is -4.48. The second-order valence-electron chi connectivity index (χ2n) is 9.20. The van der Waals surface area contributed by atoms with Crippen LogP contribution in [0.5, 0.6) is 5.88 Å². The van der Waals surface area contributed by atoms with Crippen LogP contribution in [-0.2, 0) is 25.2 Å². The van der Waals surface area contributed by atoms with Crippen molar-refractivity contribution in [2.45, 2.75) is 30.5 Å². The van der Waals surface area contributed by atoms with Crippen molar-refractivity contribution in [3.8, 4) is 5.88 Å². The summed E-state index contributed by atoms with van der Waals surface area (Å²) >= 11 is 6.42. The highest BCUT2D eigenvalue weighted by atomic mass is 35.5. The standard InChI is InChI=1S/C26H28ClN5O5S/c1-16-9-12-22(29-15-16)38(35,36)32-21-11-10-18(27)14-20(21)26(25(32)34,19-8-7-13-28-23(19)37-6)31(5)17(2)24(33)30(3)4/h7-15,17H,1-6H3/t17-,26?/m0/s1. The molecule has 200 valence electrons. The Morgan fingerprint density at radius 2 is 1.82 bits per heavy atom. The number of methoxy groups -OCH3 is 1. The minimum absolute atomic E-state index is 0.0871. The molecule has 1 aliphatic rings. The van der Waals surface area contributed by atoms with Gasteiger partial charge in [-0.2, -0.15) is 12.7 Å². The molecule has 4 rings (SSSR count). The Labute approximate surface area is 226 Å². The van der Waals surface area contributed by atoms with Crippen LogP contribution in [0.15, 0.2) is 59.9 Å². The van der Waals surface area contributed by atoms with E-state index in [0.29, 0.717) is 0 Å². The lowest BCUT2D eigenvalue weighted by atomic mass is 9.81. The van der Waals surface area contributed by atoms with E-state index in [1.54, 1.807) is 53.2 Å². The van der Waals surface area contributed by atoms with Gasteiger partial charge in [-0.3, -0.25) is 14.5 Å².